The molecule has 590 valence electrons. The number of carbonyl (C=O) groups excluding carboxylic acids is 4. The van der Waals surface area contributed by atoms with E-state index in [1.54, 1.807) is 6.08 Å². The van der Waals surface area contributed by atoms with Crippen LogP contribution in [0, 0.1) is 0 Å². The molecule has 0 bridgehead atoms. The second-order valence-corrected chi connectivity index (χ2v) is 28.5. The van der Waals surface area contributed by atoms with Gasteiger partial charge in [-0.1, -0.05) is 268 Å². The molecule has 5 unspecified atom stereocenters. The summed E-state index contributed by atoms with van der Waals surface area (Å²) in [5, 5.41) is 10.6. The van der Waals surface area contributed by atoms with Gasteiger partial charge in [-0.05, 0) is 161 Å². The number of carbonyl (C=O) groups is 4. The van der Waals surface area contributed by atoms with E-state index >= 15 is 0 Å². The first-order chi connectivity index (χ1) is 50.7. The molecule has 0 aliphatic carbocycles. The largest absolute Gasteiger partial charge is 0.472 e. The summed E-state index contributed by atoms with van der Waals surface area (Å²) in [6, 6.07) is 0. The van der Waals surface area contributed by atoms with Crippen LogP contribution >= 0.6 is 15.6 Å². The van der Waals surface area contributed by atoms with Crippen molar-refractivity contribution in [2.24, 2.45) is 0 Å². The molecule has 0 aliphatic heterocycles. The van der Waals surface area contributed by atoms with Gasteiger partial charge >= 0.3 is 39.5 Å². The quantitative estimate of drug-likeness (QED) is 0.0169. The Morgan fingerprint density at radius 2 is 0.538 bits per heavy atom. The standard InChI is InChI=1S/C85H138O17P2/c1-5-9-13-17-21-25-29-33-37-38-39-40-44-46-50-54-58-62-66-70-83(88)96-76-81(102-85(90)72-68-64-60-56-52-48-43-36-32-28-24-20-16-12-8-4)78-100-104(93,94)98-74-79(86)73-97-103(91,92)99-77-80(101-84(89)71-67-63-59-55-51-47-42-35-31-27-23-19-15-11-7-3)75-95-82(87)69-65-61-57-53-49-45-41-34-30-26-22-18-14-10-6-2/h9-10,13-14,21-28,33-37,39-43,46,49-50,53,61,65,79-81,86H,5-8,11-12,15-20,29-32,38,44-45,47-48,51-52,54-60,62-64,66-78H2,1-4H3,(H,91,92)(H,93,94)/b13-9-,14-10-,25-21-,26-22-,27-23-,28-24-,37-33-,40-39-,41-34-,42-35-,43-36-,50-46-,53-49-,65-61-. The van der Waals surface area contributed by atoms with E-state index in [9.17, 15) is 43.2 Å². The van der Waals surface area contributed by atoms with Crippen LogP contribution in [-0.2, 0) is 65.4 Å². The van der Waals surface area contributed by atoms with Gasteiger partial charge in [0.05, 0.1) is 32.8 Å². The van der Waals surface area contributed by atoms with Crippen molar-refractivity contribution in [2.45, 2.75) is 303 Å². The Morgan fingerprint density at radius 3 is 0.865 bits per heavy atom. The number of rotatable bonds is 72. The topological polar surface area (TPSA) is 237 Å². The highest BCUT2D eigenvalue weighted by Gasteiger charge is 2.30. The molecule has 0 fully saturated rings. The Kier molecular flexibility index (Phi) is 71.6. The smallest absolute Gasteiger partial charge is 0.462 e. The number of aliphatic hydroxyl groups is 1. The number of aliphatic hydroxyl groups excluding tert-OH is 1. The van der Waals surface area contributed by atoms with Crippen molar-refractivity contribution in [3.8, 4) is 0 Å². The molecule has 5 atom stereocenters. The highest BCUT2D eigenvalue weighted by Crippen LogP contribution is 2.45. The van der Waals surface area contributed by atoms with Crippen molar-refractivity contribution < 1.29 is 80.2 Å². The number of phosphoric ester groups is 2. The van der Waals surface area contributed by atoms with Crippen molar-refractivity contribution in [3.63, 3.8) is 0 Å². The average Bonchev–Trinajstić information content (AvgIpc) is 0.918. The lowest BCUT2D eigenvalue weighted by atomic mass is 10.1. The van der Waals surface area contributed by atoms with E-state index in [0.29, 0.717) is 25.7 Å². The number of ether oxygens (including phenoxy) is 4. The molecule has 19 heteroatoms. The van der Waals surface area contributed by atoms with Gasteiger partial charge in [-0.15, -0.1) is 0 Å². The minimum atomic E-state index is -5.01. The molecule has 0 saturated heterocycles. The zero-order chi connectivity index (χ0) is 76.0. The number of hydrogen-bond donors (Lipinski definition) is 3. The third-order valence-electron chi connectivity index (χ3n) is 15.7. The Hall–Kier alpha value is -5.58. The Balaban J connectivity index is 5.49. The van der Waals surface area contributed by atoms with Crippen LogP contribution < -0.4 is 0 Å². The lowest BCUT2D eigenvalue weighted by Gasteiger charge is -2.21. The summed E-state index contributed by atoms with van der Waals surface area (Å²) < 4.78 is 68.4. The first kappa shape index (κ1) is 98.4. The number of unbranched alkanes of at least 4 members (excludes halogenated alkanes) is 19. The van der Waals surface area contributed by atoms with Crippen molar-refractivity contribution >= 4 is 39.5 Å². The van der Waals surface area contributed by atoms with E-state index in [1.807, 2.05) is 18.2 Å². The lowest BCUT2D eigenvalue weighted by Crippen LogP contribution is -2.30. The van der Waals surface area contributed by atoms with Gasteiger partial charge in [0.2, 0.25) is 0 Å². The molecule has 0 aromatic carbocycles. The van der Waals surface area contributed by atoms with Gasteiger partial charge in [-0.2, -0.15) is 0 Å². The minimum absolute atomic E-state index is 0.0530. The summed E-state index contributed by atoms with van der Waals surface area (Å²) in [4.78, 5) is 72.9. The van der Waals surface area contributed by atoms with Crippen LogP contribution in [0.4, 0.5) is 0 Å². The van der Waals surface area contributed by atoms with Crippen LogP contribution in [0.5, 0.6) is 0 Å². The highest BCUT2D eigenvalue weighted by atomic mass is 31.2. The molecule has 3 N–H and O–H groups in total. The summed E-state index contributed by atoms with van der Waals surface area (Å²) in [5.41, 5.74) is 0. The van der Waals surface area contributed by atoms with Crippen LogP contribution in [0.25, 0.3) is 0 Å². The monoisotopic (exact) mass is 1490 g/mol. The first-order valence-electron chi connectivity index (χ1n) is 39.4. The van der Waals surface area contributed by atoms with Crippen LogP contribution in [0.1, 0.15) is 285 Å². The summed E-state index contributed by atoms with van der Waals surface area (Å²) >= 11 is 0. The van der Waals surface area contributed by atoms with Gasteiger partial charge < -0.3 is 33.8 Å². The van der Waals surface area contributed by atoms with Gasteiger partial charge in [-0.3, -0.25) is 37.3 Å². The van der Waals surface area contributed by atoms with E-state index in [4.69, 9.17) is 37.0 Å². The molecule has 0 saturated carbocycles. The third-order valence-corrected chi connectivity index (χ3v) is 17.6. The molecular formula is C85H138O17P2. The molecule has 0 spiro atoms. The van der Waals surface area contributed by atoms with Crippen molar-refractivity contribution in [2.75, 3.05) is 39.6 Å². The van der Waals surface area contributed by atoms with E-state index in [-0.39, 0.29) is 25.7 Å². The summed E-state index contributed by atoms with van der Waals surface area (Å²) in [6.07, 6.45) is 89.3. The average molecular weight is 1490 g/mol. The fraction of sp³-hybridized carbons (Fsp3) is 0.624. The van der Waals surface area contributed by atoms with Gasteiger partial charge in [0.25, 0.3) is 0 Å². The molecule has 17 nitrogen and oxygen atoms in total. The molecule has 0 amide bonds. The number of esters is 4. The number of allylic oxidation sites excluding steroid dienone is 27. The van der Waals surface area contributed by atoms with Crippen LogP contribution in [0.3, 0.4) is 0 Å². The van der Waals surface area contributed by atoms with E-state index in [2.05, 4.69) is 174 Å². The lowest BCUT2D eigenvalue weighted by molar-refractivity contribution is -0.161. The second-order valence-electron chi connectivity index (χ2n) is 25.5. The molecule has 0 radical (unpaired) electrons. The zero-order valence-electron chi connectivity index (χ0n) is 64.4. The normalized spacial score (nSPS) is 14.8. The van der Waals surface area contributed by atoms with Crippen LogP contribution in [-0.4, -0.2) is 96.7 Å². The highest BCUT2D eigenvalue weighted by molar-refractivity contribution is 7.47. The van der Waals surface area contributed by atoms with E-state index in [1.165, 1.54) is 38.5 Å². The molecule has 104 heavy (non-hydrogen) atoms. The molecule has 0 heterocycles. The Morgan fingerprint density at radius 1 is 0.288 bits per heavy atom. The van der Waals surface area contributed by atoms with Gasteiger partial charge in [0, 0.05) is 19.3 Å². The zero-order valence-corrected chi connectivity index (χ0v) is 66.2. The molecule has 0 aromatic heterocycles. The summed E-state index contributed by atoms with van der Waals surface area (Å²) in [5.74, 6) is -2.40. The summed E-state index contributed by atoms with van der Waals surface area (Å²) in [7, 11) is -10.0. The Labute approximate surface area is 629 Å². The van der Waals surface area contributed by atoms with Gasteiger partial charge in [0.1, 0.15) is 19.3 Å². The molecule has 0 aliphatic rings. The van der Waals surface area contributed by atoms with Gasteiger partial charge in [0.15, 0.2) is 12.2 Å². The maximum absolute atomic E-state index is 13.1. The van der Waals surface area contributed by atoms with Crippen molar-refractivity contribution in [1.82, 2.24) is 0 Å². The van der Waals surface area contributed by atoms with Crippen LogP contribution in [0.2, 0.25) is 0 Å². The predicted octanol–water partition coefficient (Wildman–Crippen LogP) is 23.0. The minimum Gasteiger partial charge on any atom is -0.462 e. The van der Waals surface area contributed by atoms with Crippen LogP contribution in [0.15, 0.2) is 170 Å². The Bertz CT molecular complexity index is 2640. The fourth-order valence-corrected chi connectivity index (χ4v) is 11.3. The van der Waals surface area contributed by atoms with E-state index in [0.717, 1.165) is 167 Å². The molecule has 0 rings (SSSR count). The molecule has 0 aromatic rings. The first-order valence-corrected chi connectivity index (χ1v) is 42.4. The number of hydrogen-bond acceptors (Lipinski definition) is 15. The molecular weight excluding hydrogens is 1350 g/mol. The maximum atomic E-state index is 13.1. The van der Waals surface area contributed by atoms with Crippen molar-refractivity contribution in [1.29, 1.82) is 0 Å². The van der Waals surface area contributed by atoms with E-state index < -0.39 is 97.5 Å². The number of phosphoric acid groups is 2. The second kappa shape index (κ2) is 75.6. The third kappa shape index (κ3) is 74.7. The fourth-order valence-electron chi connectivity index (χ4n) is 9.73. The predicted molar refractivity (Wildman–Crippen MR) is 426 cm³/mol. The summed E-state index contributed by atoms with van der Waals surface area (Å²) in [6.45, 7) is 4.39. The maximum Gasteiger partial charge on any atom is 0.472 e. The van der Waals surface area contributed by atoms with Gasteiger partial charge in [-0.25, -0.2) is 9.13 Å². The SMILES string of the molecule is CC/C=C\C/C=C\C/C=C\C/C=C\C/C=C\CCCCCC(=O)OCC(COP(=O)(O)OCC(O)COP(=O)(O)OCC(COC(=O)C/C=C\C/C=C\C/C=C\C/C=C\C/C=C\CC)OC(=O)CCCCCCC/C=C\C/C=C\CCCCC)OC(=O)CCCCCCC/C=C\C/C=C\CCCCC. The van der Waals surface area contributed by atoms with Crippen molar-refractivity contribution in [3.05, 3.63) is 170 Å².